The molecule has 7 nitrogen and oxygen atoms in total. The number of rotatable bonds is 50. The van der Waals surface area contributed by atoms with Gasteiger partial charge in [0, 0.05) is 12.8 Å². The molecular weight excluding hydrogens is 757 g/mol. The number of carbonyl (C=O) groups is 3. The molecule has 0 radical (unpaired) electrons. The number of esters is 1. The lowest BCUT2D eigenvalue weighted by atomic mass is 10.0. The van der Waals surface area contributed by atoms with Crippen molar-refractivity contribution in [3.8, 4) is 0 Å². The highest BCUT2D eigenvalue weighted by Gasteiger charge is 2.19. The van der Waals surface area contributed by atoms with Gasteiger partial charge in [0.2, 0.25) is 5.91 Å². The highest BCUT2D eigenvalue weighted by Crippen LogP contribution is 2.20. The van der Waals surface area contributed by atoms with E-state index in [0.29, 0.717) is 32.2 Å². The van der Waals surface area contributed by atoms with Crippen molar-refractivity contribution in [2.24, 2.45) is 5.73 Å². The fourth-order valence-corrected chi connectivity index (χ4v) is 8.51. The van der Waals surface area contributed by atoms with E-state index >= 15 is 0 Å². The molecule has 2 unspecified atom stereocenters. The van der Waals surface area contributed by atoms with Crippen LogP contribution in [0.5, 0.6) is 0 Å². The first-order chi connectivity index (χ1) is 29.9. The lowest BCUT2D eigenvalue weighted by Crippen LogP contribution is -2.40. The summed E-state index contributed by atoms with van der Waals surface area (Å²) in [6, 6.07) is -0.854. The molecule has 7 heteroatoms. The van der Waals surface area contributed by atoms with E-state index in [1.807, 2.05) is 0 Å². The summed E-state index contributed by atoms with van der Waals surface area (Å²) in [5, 5.41) is 12.0. The monoisotopic (exact) mass is 861 g/mol. The molecule has 1 amide bonds. The number of allylic oxidation sites excluding steroid dienone is 2. The highest BCUT2D eigenvalue weighted by molar-refractivity contribution is 5.83. The van der Waals surface area contributed by atoms with Crippen LogP contribution in [-0.4, -0.2) is 41.6 Å². The summed E-state index contributed by atoms with van der Waals surface area (Å²) in [4.78, 5) is 36.6. The number of aliphatic carboxylic acids is 1. The molecule has 0 saturated heterocycles. The molecule has 0 aromatic carbocycles. The largest absolute Gasteiger partial charge is 0.480 e. The van der Waals surface area contributed by atoms with Crippen LogP contribution < -0.4 is 11.1 Å². The maximum Gasteiger partial charge on any atom is 0.326 e. The molecule has 0 heterocycles. The fourth-order valence-electron chi connectivity index (χ4n) is 8.51. The summed E-state index contributed by atoms with van der Waals surface area (Å²) < 4.78 is 6.10. The molecule has 0 aliphatic heterocycles. The van der Waals surface area contributed by atoms with Crippen molar-refractivity contribution in [2.45, 2.75) is 309 Å². The minimum Gasteiger partial charge on any atom is -0.480 e. The van der Waals surface area contributed by atoms with Crippen LogP contribution in [0.25, 0.3) is 0 Å². The number of unbranched alkanes of at least 4 members (excludes halogenated alkanes) is 34. The molecule has 61 heavy (non-hydrogen) atoms. The topological polar surface area (TPSA) is 119 Å². The number of carboxylic acids is 1. The second-order valence-electron chi connectivity index (χ2n) is 18.6. The number of hydrogen-bond acceptors (Lipinski definition) is 5. The predicted octanol–water partition coefficient (Wildman–Crippen LogP) is 16.2. The summed E-state index contributed by atoms with van der Waals surface area (Å²) >= 11 is 0. The number of hydrogen-bond donors (Lipinski definition) is 3. The van der Waals surface area contributed by atoms with Gasteiger partial charge in [-0.05, 0) is 83.6 Å². The molecule has 0 aromatic rings. The van der Waals surface area contributed by atoms with Crippen molar-refractivity contribution in [3.63, 3.8) is 0 Å². The Kier molecular flexibility index (Phi) is 47.6. The van der Waals surface area contributed by atoms with Gasteiger partial charge in [-0.15, -0.1) is 0 Å². The molecule has 4 N–H and O–H groups in total. The van der Waals surface area contributed by atoms with Gasteiger partial charge >= 0.3 is 11.9 Å². The van der Waals surface area contributed by atoms with Crippen molar-refractivity contribution >= 4 is 17.8 Å². The van der Waals surface area contributed by atoms with E-state index in [9.17, 15) is 19.5 Å². The summed E-state index contributed by atoms with van der Waals surface area (Å²) in [6.07, 6.45) is 57.1. The van der Waals surface area contributed by atoms with E-state index in [1.165, 1.54) is 193 Å². The van der Waals surface area contributed by atoms with Crippen LogP contribution in [0, 0.1) is 0 Å². The Morgan fingerprint density at radius 1 is 0.459 bits per heavy atom. The van der Waals surface area contributed by atoms with E-state index < -0.39 is 12.0 Å². The zero-order chi connectivity index (χ0) is 44.5. The molecule has 0 aliphatic rings. The minimum absolute atomic E-state index is 0.0145. The molecule has 2 atom stereocenters. The number of amides is 1. The van der Waals surface area contributed by atoms with Crippen molar-refractivity contribution in [1.82, 2.24) is 5.32 Å². The molecule has 0 rings (SSSR count). The van der Waals surface area contributed by atoms with Crippen LogP contribution in [0.1, 0.15) is 296 Å². The first-order valence-corrected chi connectivity index (χ1v) is 27.0. The van der Waals surface area contributed by atoms with Crippen LogP contribution in [0.2, 0.25) is 0 Å². The molecule has 0 saturated carbocycles. The van der Waals surface area contributed by atoms with Crippen LogP contribution in [0.15, 0.2) is 12.2 Å². The normalized spacial score (nSPS) is 12.6. The number of nitrogens with one attached hydrogen (secondary N) is 1. The summed E-state index contributed by atoms with van der Waals surface area (Å²) in [5.41, 5.74) is 5.50. The number of carbonyl (C=O) groups excluding carboxylic acids is 2. The van der Waals surface area contributed by atoms with Crippen LogP contribution in [0.4, 0.5) is 0 Å². The van der Waals surface area contributed by atoms with E-state index in [4.69, 9.17) is 10.5 Å². The van der Waals surface area contributed by atoms with Crippen LogP contribution in [0.3, 0.4) is 0 Å². The molecule has 360 valence electrons. The van der Waals surface area contributed by atoms with Gasteiger partial charge in [-0.2, -0.15) is 0 Å². The quantitative estimate of drug-likeness (QED) is 0.0318. The van der Waals surface area contributed by atoms with Crippen LogP contribution >= 0.6 is 0 Å². The Morgan fingerprint density at radius 2 is 0.803 bits per heavy atom. The van der Waals surface area contributed by atoms with E-state index in [-0.39, 0.29) is 18.0 Å². The predicted molar refractivity (Wildman–Crippen MR) is 262 cm³/mol. The lowest BCUT2D eigenvalue weighted by Gasteiger charge is -2.18. The maximum absolute atomic E-state index is 12.9. The molecule has 0 spiro atoms. The third-order valence-electron chi connectivity index (χ3n) is 12.6. The average molecular weight is 861 g/mol. The van der Waals surface area contributed by atoms with Gasteiger partial charge in [-0.25, -0.2) is 4.79 Å². The fraction of sp³-hybridized carbons (Fsp3) is 0.907. The van der Waals surface area contributed by atoms with Gasteiger partial charge in [-0.3, -0.25) is 9.59 Å². The first kappa shape index (κ1) is 59.1. The lowest BCUT2D eigenvalue weighted by molar-refractivity contribution is -0.150. The number of carboxylic acid groups (broad SMARTS) is 1. The second-order valence-corrected chi connectivity index (χ2v) is 18.6. The van der Waals surface area contributed by atoms with Gasteiger partial charge in [0.1, 0.15) is 12.1 Å². The zero-order valence-electron chi connectivity index (χ0n) is 40.8. The number of nitrogens with two attached hydrogens (primary N) is 1. The summed E-state index contributed by atoms with van der Waals surface area (Å²) in [6.45, 7) is 4.98. The Balaban J connectivity index is 4.21. The summed E-state index contributed by atoms with van der Waals surface area (Å²) in [5.74, 6) is -1.21. The van der Waals surface area contributed by atoms with Crippen LogP contribution in [-0.2, 0) is 19.1 Å². The molecule has 0 bridgehead atoms. The van der Waals surface area contributed by atoms with Crippen molar-refractivity contribution in [3.05, 3.63) is 12.2 Å². The Morgan fingerprint density at radius 3 is 1.18 bits per heavy atom. The van der Waals surface area contributed by atoms with Gasteiger partial charge in [0.05, 0.1) is 0 Å². The van der Waals surface area contributed by atoms with E-state index in [1.54, 1.807) is 0 Å². The van der Waals surface area contributed by atoms with Crippen molar-refractivity contribution in [2.75, 3.05) is 6.54 Å². The van der Waals surface area contributed by atoms with Gasteiger partial charge in [0.15, 0.2) is 0 Å². The first-order valence-electron chi connectivity index (χ1n) is 27.0. The van der Waals surface area contributed by atoms with E-state index in [0.717, 1.165) is 64.2 Å². The summed E-state index contributed by atoms with van der Waals surface area (Å²) in [7, 11) is 0. The number of ether oxygens (including phenoxy) is 1. The third-order valence-corrected chi connectivity index (χ3v) is 12.6. The third kappa shape index (κ3) is 45.9. The molecule has 0 aromatic heterocycles. The molecule has 0 aliphatic carbocycles. The maximum atomic E-state index is 12.9. The van der Waals surface area contributed by atoms with Crippen molar-refractivity contribution < 1.29 is 24.2 Å². The Hall–Kier alpha value is -1.89. The smallest absolute Gasteiger partial charge is 0.326 e. The zero-order valence-corrected chi connectivity index (χ0v) is 40.8. The average Bonchev–Trinajstić information content (AvgIpc) is 3.25. The van der Waals surface area contributed by atoms with Gasteiger partial charge in [-0.1, -0.05) is 219 Å². The second kappa shape index (κ2) is 49.1. The highest BCUT2D eigenvalue weighted by atomic mass is 16.5. The standard InChI is InChI=1S/C54H104N2O5/c1-3-5-7-9-11-13-15-17-19-20-21-22-23-24-25-27-29-31-33-38-42-48-53(58)61-50(44-39-35-32-30-28-26-18-16-14-12-10-8-6-4-2)45-40-36-34-37-41-47-52(57)56-51(54(59)60)46-43-49-55/h20-21,50-51H,3-19,22-49,55H2,1-2H3,(H,56,57)(H,59,60)/b21-20-. The SMILES string of the molecule is CCCCCCCCCC/C=C\CCCCCCCCCCCC(=O)OC(CCCCCCCCCCCCCCCC)CCCCCCCC(=O)NC(CCCN)C(=O)O. The molecule has 0 fully saturated rings. The van der Waals surface area contributed by atoms with Gasteiger partial charge < -0.3 is 20.9 Å². The Labute approximate surface area is 379 Å². The Bertz CT molecular complexity index is 971. The van der Waals surface area contributed by atoms with Crippen molar-refractivity contribution in [1.29, 1.82) is 0 Å². The molecular formula is C54H104N2O5. The van der Waals surface area contributed by atoms with Gasteiger partial charge in [0.25, 0.3) is 0 Å². The van der Waals surface area contributed by atoms with E-state index in [2.05, 4.69) is 31.3 Å². The minimum atomic E-state index is -1.000.